The molecule has 7 nitrogen and oxygen atoms in total. The van der Waals surface area contributed by atoms with Crippen molar-refractivity contribution < 1.29 is 18.7 Å². The van der Waals surface area contributed by atoms with Gasteiger partial charge in [0.1, 0.15) is 12.3 Å². The number of aromatic nitrogens is 1. The van der Waals surface area contributed by atoms with E-state index in [9.17, 15) is 9.18 Å². The Labute approximate surface area is 195 Å². The normalized spacial score (nSPS) is 25.1. The van der Waals surface area contributed by atoms with Crippen LogP contribution >= 0.6 is 11.8 Å². The van der Waals surface area contributed by atoms with Crippen molar-refractivity contribution in [1.29, 1.82) is 0 Å². The summed E-state index contributed by atoms with van der Waals surface area (Å²) in [5.41, 5.74) is 5.10. The fourth-order valence-electron chi connectivity index (χ4n) is 3.58. The number of nitrogen functional groups attached to an aromatic ring is 1. The van der Waals surface area contributed by atoms with Crippen molar-refractivity contribution in [2.24, 2.45) is 10.9 Å². The molecule has 0 aromatic carbocycles. The standard InChI is InChI=1S/C22H35FN4O3SSi/c1-21(2,3)30-20(28)27(13-29-8-9-32(5,6)7)19-26-22(4,15-11-17(15)31-19)16-10-14(24)12-25-18(16)23/h10,12,15,17H,8-9,11,13,24H2,1-7H3/t15?,17?,22-/m0/s1. The van der Waals surface area contributed by atoms with Gasteiger partial charge in [-0.15, -0.1) is 0 Å². The van der Waals surface area contributed by atoms with Gasteiger partial charge in [-0.1, -0.05) is 31.4 Å². The highest BCUT2D eigenvalue weighted by Gasteiger charge is 2.57. The van der Waals surface area contributed by atoms with Crippen molar-refractivity contribution in [1.82, 2.24) is 9.88 Å². The van der Waals surface area contributed by atoms with Gasteiger partial charge in [0.15, 0.2) is 5.17 Å². The van der Waals surface area contributed by atoms with Crippen molar-refractivity contribution >= 4 is 36.8 Å². The number of thioether (sulfide) groups is 1. The summed E-state index contributed by atoms with van der Waals surface area (Å²) < 4.78 is 26.2. The minimum Gasteiger partial charge on any atom is -0.443 e. The highest BCUT2D eigenvalue weighted by atomic mass is 32.2. The number of hydrogen-bond donors (Lipinski definition) is 1. The van der Waals surface area contributed by atoms with Crippen LogP contribution in [0.4, 0.5) is 14.9 Å². The summed E-state index contributed by atoms with van der Waals surface area (Å²) in [5, 5.41) is 0.718. The number of ether oxygens (including phenoxy) is 2. The number of hydrogen-bond acceptors (Lipinski definition) is 7. The van der Waals surface area contributed by atoms with E-state index < -0.39 is 31.3 Å². The van der Waals surface area contributed by atoms with Gasteiger partial charge in [-0.25, -0.2) is 14.7 Å². The zero-order valence-corrected chi connectivity index (χ0v) is 21.9. The van der Waals surface area contributed by atoms with E-state index >= 15 is 0 Å². The number of halogens is 1. The molecule has 0 radical (unpaired) electrons. The van der Waals surface area contributed by atoms with Gasteiger partial charge >= 0.3 is 6.09 Å². The average molecular weight is 483 g/mol. The van der Waals surface area contributed by atoms with Gasteiger partial charge in [0.25, 0.3) is 0 Å². The molecular weight excluding hydrogens is 447 g/mol. The Morgan fingerprint density at radius 3 is 2.72 bits per heavy atom. The second-order valence-electron chi connectivity index (χ2n) is 10.9. The molecule has 0 spiro atoms. The lowest BCUT2D eigenvalue weighted by molar-refractivity contribution is 0.0110. The predicted molar refractivity (Wildman–Crippen MR) is 130 cm³/mol. The Balaban J connectivity index is 1.90. The van der Waals surface area contributed by atoms with Crippen LogP contribution in [0.15, 0.2) is 17.3 Å². The van der Waals surface area contributed by atoms with Crippen LogP contribution in [0.1, 0.15) is 39.7 Å². The SMILES string of the molecule is CC(C)(C)OC(=O)N(COCC[Si](C)(C)C)C1=N[C@](C)(c2cc(N)cnc2F)C2CC2S1. The fourth-order valence-corrected chi connectivity index (χ4v) is 5.83. The molecule has 32 heavy (non-hydrogen) atoms. The Kier molecular flexibility index (Phi) is 6.98. The monoisotopic (exact) mass is 482 g/mol. The largest absolute Gasteiger partial charge is 0.443 e. The summed E-state index contributed by atoms with van der Waals surface area (Å²) in [7, 11) is -1.27. The lowest BCUT2D eigenvalue weighted by Crippen LogP contribution is -2.44. The van der Waals surface area contributed by atoms with Crippen LogP contribution in [-0.4, -0.2) is 53.4 Å². The number of rotatable bonds is 6. The maximum Gasteiger partial charge on any atom is 0.418 e. The quantitative estimate of drug-likeness (QED) is 0.264. The smallest absolute Gasteiger partial charge is 0.418 e. The Morgan fingerprint density at radius 1 is 1.41 bits per heavy atom. The molecule has 1 fully saturated rings. The number of nitrogens with two attached hydrogens (primary N) is 1. The van der Waals surface area contributed by atoms with Gasteiger partial charge in [-0.05, 0) is 46.2 Å². The zero-order chi connectivity index (χ0) is 23.9. The lowest BCUT2D eigenvalue weighted by atomic mass is 9.88. The van der Waals surface area contributed by atoms with E-state index in [0.29, 0.717) is 23.0 Å². The zero-order valence-electron chi connectivity index (χ0n) is 20.1. The topological polar surface area (TPSA) is 90.0 Å². The molecule has 0 bridgehead atoms. The molecule has 3 atom stereocenters. The number of carbonyl (C=O) groups excluding carboxylic acids is 1. The lowest BCUT2D eigenvalue weighted by Gasteiger charge is -2.34. The second kappa shape index (κ2) is 8.94. The molecule has 1 aliphatic carbocycles. The number of fused-ring (bicyclic) bond motifs is 1. The van der Waals surface area contributed by atoms with Crippen LogP contribution in [0.25, 0.3) is 0 Å². The third kappa shape index (κ3) is 6.02. The van der Waals surface area contributed by atoms with E-state index in [1.54, 1.807) is 6.07 Å². The summed E-state index contributed by atoms with van der Waals surface area (Å²) in [5.74, 6) is -0.430. The molecule has 10 heteroatoms. The number of nitrogens with zero attached hydrogens (tertiary/aromatic N) is 3. The van der Waals surface area contributed by atoms with E-state index in [1.807, 2.05) is 27.7 Å². The number of aliphatic imine (C=N–C) groups is 1. The number of anilines is 1. The first kappa shape index (κ1) is 25.0. The molecule has 0 saturated heterocycles. The molecule has 1 aliphatic heterocycles. The van der Waals surface area contributed by atoms with E-state index in [0.717, 1.165) is 12.5 Å². The van der Waals surface area contributed by atoms with Crippen LogP contribution in [0, 0.1) is 11.9 Å². The first-order chi connectivity index (χ1) is 14.7. The first-order valence-electron chi connectivity index (χ1n) is 11.0. The molecule has 2 aliphatic rings. The van der Waals surface area contributed by atoms with E-state index in [4.69, 9.17) is 20.2 Å². The van der Waals surface area contributed by atoms with Gasteiger partial charge in [-0.3, -0.25) is 4.99 Å². The van der Waals surface area contributed by atoms with Crippen LogP contribution < -0.4 is 5.73 Å². The number of pyridine rings is 1. The Bertz CT molecular complexity index is 902. The van der Waals surface area contributed by atoms with Crippen molar-refractivity contribution in [3.8, 4) is 0 Å². The van der Waals surface area contributed by atoms with Gasteiger partial charge < -0.3 is 15.2 Å². The summed E-state index contributed by atoms with van der Waals surface area (Å²) in [6.07, 6.45) is 1.65. The van der Waals surface area contributed by atoms with Gasteiger partial charge in [0.05, 0.1) is 17.4 Å². The van der Waals surface area contributed by atoms with E-state index in [1.165, 1.54) is 22.9 Å². The maximum absolute atomic E-state index is 14.7. The average Bonchev–Trinajstić information content (AvgIpc) is 3.41. The molecule has 2 unspecified atom stereocenters. The highest BCUT2D eigenvalue weighted by Crippen LogP contribution is 2.58. The minimum atomic E-state index is -1.27. The van der Waals surface area contributed by atoms with Gasteiger partial charge in [0, 0.05) is 31.4 Å². The Hall–Kier alpha value is -1.65. The first-order valence-corrected chi connectivity index (χ1v) is 15.5. The van der Waals surface area contributed by atoms with Crippen molar-refractivity contribution in [2.45, 2.75) is 76.2 Å². The third-order valence-corrected chi connectivity index (χ3v) is 8.56. The van der Waals surface area contributed by atoms with Gasteiger partial charge in [0.2, 0.25) is 5.95 Å². The van der Waals surface area contributed by atoms with Gasteiger partial charge in [-0.2, -0.15) is 4.39 Å². The number of amidine groups is 1. The number of amides is 1. The predicted octanol–water partition coefficient (Wildman–Crippen LogP) is 5.06. The summed E-state index contributed by atoms with van der Waals surface area (Å²) >= 11 is 1.52. The van der Waals surface area contributed by atoms with Crippen LogP contribution in [-0.2, 0) is 15.0 Å². The molecule has 2 N–H and O–H groups in total. The molecule has 1 saturated carbocycles. The van der Waals surface area contributed by atoms with Crippen LogP contribution in [0.3, 0.4) is 0 Å². The number of carbonyl (C=O) groups is 1. The van der Waals surface area contributed by atoms with Crippen molar-refractivity contribution in [3.05, 3.63) is 23.8 Å². The van der Waals surface area contributed by atoms with E-state index in [2.05, 4.69) is 24.6 Å². The van der Waals surface area contributed by atoms with Crippen LogP contribution in [0.5, 0.6) is 0 Å². The molecule has 1 aromatic rings. The molecular formula is C22H35FN4O3SSi. The minimum absolute atomic E-state index is 0.0380. The molecule has 3 rings (SSSR count). The van der Waals surface area contributed by atoms with Crippen molar-refractivity contribution in [3.63, 3.8) is 0 Å². The third-order valence-electron chi connectivity index (χ3n) is 5.51. The molecule has 1 aromatic heterocycles. The molecule has 178 valence electrons. The summed E-state index contributed by atoms with van der Waals surface area (Å²) in [6.45, 7) is 14.8. The molecule has 1 amide bonds. The van der Waals surface area contributed by atoms with E-state index in [-0.39, 0.29) is 17.9 Å². The van der Waals surface area contributed by atoms with Crippen molar-refractivity contribution in [2.75, 3.05) is 19.1 Å². The summed E-state index contributed by atoms with van der Waals surface area (Å²) in [4.78, 5) is 23.2. The summed E-state index contributed by atoms with van der Waals surface area (Å²) in [6, 6.07) is 2.58. The Morgan fingerprint density at radius 2 is 2.09 bits per heavy atom. The highest BCUT2D eigenvalue weighted by molar-refractivity contribution is 8.14. The second-order valence-corrected chi connectivity index (χ2v) is 17.7. The van der Waals surface area contributed by atoms with Crippen LogP contribution in [0.2, 0.25) is 25.7 Å². The maximum atomic E-state index is 14.7. The molecule has 2 heterocycles. The fraction of sp³-hybridized carbons (Fsp3) is 0.682.